The molecule has 0 saturated heterocycles. The van der Waals surface area contributed by atoms with Gasteiger partial charge in [0.15, 0.2) is 0 Å². The first-order valence-corrected chi connectivity index (χ1v) is 7.84. The lowest BCUT2D eigenvalue weighted by Gasteiger charge is -2.13. The molecule has 0 fully saturated rings. The lowest BCUT2D eigenvalue weighted by molar-refractivity contribution is -0.123. The maximum Gasteiger partial charge on any atom is 0.243 e. The van der Waals surface area contributed by atoms with Crippen LogP contribution in [0.15, 0.2) is 48.5 Å². The minimum atomic E-state index is -0.245. The Kier molecular flexibility index (Phi) is 5.95. The zero-order chi connectivity index (χ0) is 17.5. The van der Waals surface area contributed by atoms with Crippen molar-refractivity contribution >= 4 is 23.2 Å². The summed E-state index contributed by atoms with van der Waals surface area (Å²) in [6.07, 6.45) is 0.275. The number of nitrogens with one attached hydrogen (secondary N) is 2. The SMILES string of the molecule is Cc1ccccc1CC(=O)NCC(=O)Nc1ccc(N(C)C)cc1. The number of rotatable bonds is 6. The monoisotopic (exact) mass is 325 g/mol. The van der Waals surface area contributed by atoms with Crippen molar-refractivity contribution in [3.63, 3.8) is 0 Å². The molecule has 0 atom stereocenters. The third-order valence-corrected chi connectivity index (χ3v) is 3.73. The van der Waals surface area contributed by atoms with Gasteiger partial charge in [-0.1, -0.05) is 24.3 Å². The number of nitrogens with zero attached hydrogens (tertiary/aromatic N) is 1. The number of benzene rings is 2. The number of carbonyl (C=O) groups is 2. The fourth-order valence-corrected chi connectivity index (χ4v) is 2.27. The fraction of sp³-hybridized carbons (Fsp3) is 0.263. The molecule has 0 aliphatic rings. The number of hydrogen-bond donors (Lipinski definition) is 2. The van der Waals surface area contributed by atoms with E-state index >= 15 is 0 Å². The van der Waals surface area contributed by atoms with Gasteiger partial charge in [0.2, 0.25) is 11.8 Å². The van der Waals surface area contributed by atoms with Crippen molar-refractivity contribution in [1.82, 2.24) is 5.32 Å². The number of carbonyl (C=O) groups excluding carboxylic acids is 2. The molecule has 0 aliphatic carbocycles. The maximum absolute atomic E-state index is 11.9. The van der Waals surface area contributed by atoms with Gasteiger partial charge in [0.1, 0.15) is 0 Å². The highest BCUT2D eigenvalue weighted by molar-refractivity contribution is 5.94. The Hall–Kier alpha value is -2.82. The summed E-state index contributed by atoms with van der Waals surface area (Å²) in [5, 5.41) is 5.42. The Balaban J connectivity index is 1.80. The number of amides is 2. The summed E-state index contributed by atoms with van der Waals surface area (Å²) in [7, 11) is 3.91. The summed E-state index contributed by atoms with van der Waals surface area (Å²) < 4.78 is 0. The molecule has 0 aromatic heterocycles. The second-order valence-electron chi connectivity index (χ2n) is 5.87. The van der Waals surface area contributed by atoms with Crippen LogP contribution in [0.2, 0.25) is 0 Å². The van der Waals surface area contributed by atoms with Crippen LogP contribution in [0.3, 0.4) is 0 Å². The van der Waals surface area contributed by atoms with Gasteiger partial charge in [-0.3, -0.25) is 9.59 Å². The Morgan fingerprint density at radius 1 is 0.958 bits per heavy atom. The summed E-state index contributed by atoms with van der Waals surface area (Å²) >= 11 is 0. The van der Waals surface area contributed by atoms with E-state index in [1.165, 1.54) is 0 Å². The Labute approximate surface area is 142 Å². The van der Waals surface area contributed by atoms with Gasteiger partial charge >= 0.3 is 0 Å². The van der Waals surface area contributed by atoms with Gasteiger partial charge in [-0.05, 0) is 42.3 Å². The Morgan fingerprint density at radius 3 is 2.25 bits per heavy atom. The van der Waals surface area contributed by atoms with E-state index in [-0.39, 0.29) is 24.8 Å². The third-order valence-electron chi connectivity index (χ3n) is 3.73. The molecule has 0 bridgehead atoms. The first-order chi connectivity index (χ1) is 11.5. The number of aryl methyl sites for hydroxylation is 1. The normalized spacial score (nSPS) is 10.1. The molecule has 2 N–H and O–H groups in total. The molecule has 24 heavy (non-hydrogen) atoms. The molecule has 2 rings (SSSR count). The summed E-state index contributed by atoms with van der Waals surface area (Å²) in [5.41, 5.74) is 3.80. The number of hydrogen-bond acceptors (Lipinski definition) is 3. The fourth-order valence-electron chi connectivity index (χ4n) is 2.27. The van der Waals surface area contributed by atoms with Crippen LogP contribution in [0.25, 0.3) is 0 Å². The summed E-state index contributed by atoms with van der Waals surface area (Å²) in [6, 6.07) is 15.2. The van der Waals surface area contributed by atoms with Gasteiger partial charge in [0, 0.05) is 25.5 Å². The van der Waals surface area contributed by atoms with Crippen LogP contribution < -0.4 is 15.5 Å². The van der Waals surface area contributed by atoms with E-state index in [9.17, 15) is 9.59 Å². The first kappa shape index (κ1) is 17.5. The average molecular weight is 325 g/mol. The van der Waals surface area contributed by atoms with Gasteiger partial charge in [-0.15, -0.1) is 0 Å². The average Bonchev–Trinajstić information content (AvgIpc) is 2.55. The van der Waals surface area contributed by atoms with Crippen LogP contribution in [0.1, 0.15) is 11.1 Å². The minimum Gasteiger partial charge on any atom is -0.378 e. The molecule has 126 valence electrons. The van der Waals surface area contributed by atoms with Crippen LogP contribution >= 0.6 is 0 Å². The van der Waals surface area contributed by atoms with Crippen LogP contribution in [0.4, 0.5) is 11.4 Å². The second-order valence-corrected chi connectivity index (χ2v) is 5.87. The van der Waals surface area contributed by atoms with Gasteiger partial charge in [-0.2, -0.15) is 0 Å². The van der Waals surface area contributed by atoms with E-state index < -0.39 is 0 Å². The van der Waals surface area contributed by atoms with Gasteiger partial charge in [0.25, 0.3) is 0 Å². The summed E-state index contributed by atoms with van der Waals surface area (Å²) in [6.45, 7) is 1.92. The summed E-state index contributed by atoms with van der Waals surface area (Å²) in [5.74, 6) is -0.409. The smallest absolute Gasteiger partial charge is 0.243 e. The highest BCUT2D eigenvalue weighted by Gasteiger charge is 2.08. The second kappa shape index (κ2) is 8.15. The molecule has 0 unspecified atom stereocenters. The summed E-state index contributed by atoms with van der Waals surface area (Å²) in [4.78, 5) is 25.8. The van der Waals surface area contributed by atoms with E-state index in [2.05, 4.69) is 10.6 Å². The van der Waals surface area contributed by atoms with E-state index in [0.29, 0.717) is 5.69 Å². The molecule has 5 heteroatoms. The Bertz CT molecular complexity index is 709. The van der Waals surface area contributed by atoms with Gasteiger partial charge < -0.3 is 15.5 Å². The predicted octanol–water partition coefficient (Wildman–Crippen LogP) is 2.36. The molecule has 5 nitrogen and oxygen atoms in total. The predicted molar refractivity (Wildman–Crippen MR) is 97.3 cm³/mol. The zero-order valence-electron chi connectivity index (χ0n) is 14.3. The molecule has 0 radical (unpaired) electrons. The quantitative estimate of drug-likeness (QED) is 0.857. The molecule has 2 aromatic carbocycles. The lowest BCUT2D eigenvalue weighted by Crippen LogP contribution is -2.33. The van der Waals surface area contributed by atoms with Crippen molar-refractivity contribution in [2.24, 2.45) is 0 Å². The Morgan fingerprint density at radius 2 is 1.62 bits per heavy atom. The van der Waals surface area contributed by atoms with Crippen molar-refractivity contribution in [2.45, 2.75) is 13.3 Å². The molecular weight excluding hydrogens is 302 g/mol. The molecular formula is C19H23N3O2. The van der Waals surface area contributed by atoms with Crippen molar-refractivity contribution < 1.29 is 9.59 Å². The van der Waals surface area contributed by atoms with Crippen molar-refractivity contribution in [3.05, 3.63) is 59.7 Å². The highest BCUT2D eigenvalue weighted by atomic mass is 16.2. The van der Waals surface area contributed by atoms with Gasteiger partial charge in [0.05, 0.1) is 13.0 Å². The molecule has 2 amide bonds. The van der Waals surface area contributed by atoms with E-state index in [1.807, 2.05) is 74.4 Å². The van der Waals surface area contributed by atoms with Crippen LogP contribution in [0, 0.1) is 6.92 Å². The molecule has 2 aromatic rings. The van der Waals surface area contributed by atoms with Crippen molar-refractivity contribution in [2.75, 3.05) is 30.9 Å². The van der Waals surface area contributed by atoms with Gasteiger partial charge in [-0.25, -0.2) is 0 Å². The molecule has 0 saturated carbocycles. The number of anilines is 2. The highest BCUT2D eigenvalue weighted by Crippen LogP contribution is 2.15. The lowest BCUT2D eigenvalue weighted by atomic mass is 10.1. The van der Waals surface area contributed by atoms with Crippen molar-refractivity contribution in [3.8, 4) is 0 Å². The third kappa shape index (κ3) is 5.12. The van der Waals surface area contributed by atoms with E-state index in [0.717, 1.165) is 16.8 Å². The van der Waals surface area contributed by atoms with Crippen LogP contribution in [-0.2, 0) is 16.0 Å². The molecule has 0 spiro atoms. The van der Waals surface area contributed by atoms with Crippen LogP contribution in [0.5, 0.6) is 0 Å². The standard InChI is InChI=1S/C19H23N3O2/c1-14-6-4-5-7-15(14)12-18(23)20-13-19(24)21-16-8-10-17(11-9-16)22(2)3/h4-11H,12-13H2,1-3H3,(H,20,23)(H,21,24). The molecule has 0 heterocycles. The topological polar surface area (TPSA) is 61.4 Å². The van der Waals surface area contributed by atoms with Crippen molar-refractivity contribution in [1.29, 1.82) is 0 Å². The largest absolute Gasteiger partial charge is 0.378 e. The zero-order valence-corrected chi connectivity index (χ0v) is 14.3. The maximum atomic E-state index is 11.9. The van der Waals surface area contributed by atoms with E-state index in [4.69, 9.17) is 0 Å². The first-order valence-electron chi connectivity index (χ1n) is 7.84. The van der Waals surface area contributed by atoms with E-state index in [1.54, 1.807) is 0 Å². The molecule has 0 aliphatic heterocycles. The minimum absolute atomic E-state index is 0.0415. The van der Waals surface area contributed by atoms with Crippen LogP contribution in [-0.4, -0.2) is 32.5 Å².